The van der Waals surface area contributed by atoms with Gasteiger partial charge in [0.2, 0.25) is 0 Å². The van der Waals surface area contributed by atoms with Gasteiger partial charge < -0.3 is 15.0 Å². The fourth-order valence-corrected chi connectivity index (χ4v) is 2.62. The Balaban J connectivity index is 2.09. The molecular weight excluding hydrogens is 228 g/mol. The van der Waals surface area contributed by atoms with Gasteiger partial charge in [-0.1, -0.05) is 6.42 Å². The second-order valence-electron chi connectivity index (χ2n) is 4.77. The number of hydrogen-bond acceptors (Lipinski definition) is 4. The van der Waals surface area contributed by atoms with E-state index in [0.29, 0.717) is 12.1 Å². The maximum absolute atomic E-state index is 5.16. The van der Waals surface area contributed by atoms with Gasteiger partial charge in [0.15, 0.2) is 0 Å². The molecule has 0 aliphatic carbocycles. The van der Waals surface area contributed by atoms with E-state index in [4.69, 9.17) is 4.74 Å². The molecule has 2 aromatic rings. The van der Waals surface area contributed by atoms with Crippen LogP contribution >= 0.6 is 0 Å². The lowest BCUT2D eigenvalue weighted by Crippen LogP contribution is -2.26. The summed E-state index contributed by atoms with van der Waals surface area (Å²) in [4.78, 5) is 12.1. The van der Waals surface area contributed by atoms with Crippen LogP contribution in [0.4, 0.5) is 0 Å². The van der Waals surface area contributed by atoms with E-state index < -0.39 is 0 Å². The molecule has 18 heavy (non-hydrogen) atoms. The fraction of sp³-hybridized carbons (Fsp3) is 0.538. The van der Waals surface area contributed by atoms with Crippen molar-refractivity contribution in [2.24, 2.45) is 0 Å². The standard InChI is InChI=1S/C13H18N4O/c1-8-11-12(17-13(16-8)18-2)9(7-15-11)10-5-3-4-6-14-10/h7,10,14-15H,3-6H2,1-2H3. The summed E-state index contributed by atoms with van der Waals surface area (Å²) in [6, 6.07) is 0.836. The summed E-state index contributed by atoms with van der Waals surface area (Å²) in [6.45, 7) is 3.06. The lowest BCUT2D eigenvalue weighted by Gasteiger charge is -2.22. The predicted octanol–water partition coefficient (Wildman–Crippen LogP) is 2.09. The second-order valence-corrected chi connectivity index (χ2v) is 4.77. The van der Waals surface area contributed by atoms with Gasteiger partial charge in [0.05, 0.1) is 18.3 Å². The minimum atomic E-state index is 0.395. The quantitative estimate of drug-likeness (QED) is 0.851. The zero-order valence-electron chi connectivity index (χ0n) is 10.8. The van der Waals surface area contributed by atoms with Gasteiger partial charge in [-0.2, -0.15) is 9.97 Å². The average molecular weight is 246 g/mol. The molecule has 5 nitrogen and oxygen atoms in total. The van der Waals surface area contributed by atoms with Crippen LogP contribution in [-0.2, 0) is 0 Å². The summed E-state index contributed by atoms with van der Waals surface area (Å²) in [5.41, 5.74) is 4.16. The Bertz CT molecular complexity index is 557. The van der Waals surface area contributed by atoms with Crippen LogP contribution in [0.5, 0.6) is 6.01 Å². The molecule has 0 amide bonds. The molecule has 2 N–H and O–H groups in total. The van der Waals surface area contributed by atoms with E-state index in [1.54, 1.807) is 7.11 Å². The third-order valence-corrected chi connectivity index (χ3v) is 3.58. The molecule has 0 bridgehead atoms. The molecule has 1 aliphatic heterocycles. The molecule has 3 rings (SSSR count). The molecule has 1 aliphatic rings. The smallest absolute Gasteiger partial charge is 0.317 e. The number of nitrogens with zero attached hydrogens (tertiary/aromatic N) is 2. The number of aromatic amines is 1. The maximum Gasteiger partial charge on any atom is 0.317 e. The predicted molar refractivity (Wildman–Crippen MR) is 69.8 cm³/mol. The number of hydrogen-bond donors (Lipinski definition) is 2. The third kappa shape index (κ3) is 1.84. The summed E-state index contributed by atoms with van der Waals surface area (Å²) in [5.74, 6) is 0. The third-order valence-electron chi connectivity index (χ3n) is 3.58. The highest BCUT2D eigenvalue weighted by atomic mass is 16.5. The van der Waals surface area contributed by atoms with Crippen molar-refractivity contribution in [1.29, 1.82) is 0 Å². The summed E-state index contributed by atoms with van der Waals surface area (Å²) in [7, 11) is 1.60. The van der Waals surface area contributed by atoms with Gasteiger partial charge in [0.25, 0.3) is 0 Å². The first-order valence-electron chi connectivity index (χ1n) is 6.42. The largest absolute Gasteiger partial charge is 0.467 e. The van der Waals surface area contributed by atoms with E-state index in [-0.39, 0.29) is 0 Å². The normalized spacial score (nSPS) is 20.2. The molecule has 96 valence electrons. The van der Waals surface area contributed by atoms with E-state index >= 15 is 0 Å². The first-order chi connectivity index (χ1) is 8.79. The van der Waals surface area contributed by atoms with Crippen LogP contribution in [-0.4, -0.2) is 28.6 Å². The van der Waals surface area contributed by atoms with E-state index in [0.717, 1.165) is 29.7 Å². The van der Waals surface area contributed by atoms with Crippen molar-refractivity contribution in [2.45, 2.75) is 32.2 Å². The first kappa shape index (κ1) is 11.5. The number of rotatable bonds is 2. The van der Waals surface area contributed by atoms with Crippen LogP contribution in [0.3, 0.4) is 0 Å². The van der Waals surface area contributed by atoms with Crippen LogP contribution < -0.4 is 10.1 Å². The minimum Gasteiger partial charge on any atom is -0.467 e. The summed E-state index contributed by atoms with van der Waals surface area (Å²) < 4.78 is 5.16. The molecule has 0 radical (unpaired) electrons. The molecule has 3 heterocycles. The number of aromatic nitrogens is 3. The molecule has 0 saturated carbocycles. The number of ether oxygens (including phenoxy) is 1. The Morgan fingerprint density at radius 2 is 2.22 bits per heavy atom. The number of piperidine rings is 1. The fourth-order valence-electron chi connectivity index (χ4n) is 2.62. The van der Waals surface area contributed by atoms with E-state index in [2.05, 4.69) is 26.5 Å². The van der Waals surface area contributed by atoms with Crippen LogP contribution in [0.1, 0.15) is 36.6 Å². The molecule has 1 atom stereocenters. The number of aryl methyl sites for hydroxylation is 1. The van der Waals surface area contributed by atoms with Gasteiger partial charge >= 0.3 is 6.01 Å². The SMILES string of the molecule is COc1nc(C)c2[nH]cc(C3CCCCN3)c2n1. The summed E-state index contributed by atoms with van der Waals surface area (Å²) in [5, 5.41) is 3.55. The highest BCUT2D eigenvalue weighted by molar-refractivity contribution is 5.81. The van der Waals surface area contributed by atoms with Crippen LogP contribution in [0.15, 0.2) is 6.20 Å². The zero-order valence-corrected chi connectivity index (χ0v) is 10.8. The lowest BCUT2D eigenvalue weighted by molar-refractivity contribution is 0.380. The first-order valence-corrected chi connectivity index (χ1v) is 6.42. The van der Waals surface area contributed by atoms with Crippen molar-refractivity contribution >= 4 is 11.0 Å². The molecule has 1 saturated heterocycles. The summed E-state index contributed by atoms with van der Waals surface area (Å²) >= 11 is 0. The summed E-state index contributed by atoms with van der Waals surface area (Å²) in [6.07, 6.45) is 5.74. The number of nitrogens with one attached hydrogen (secondary N) is 2. The van der Waals surface area contributed by atoms with Crippen molar-refractivity contribution in [2.75, 3.05) is 13.7 Å². The number of H-pyrrole nitrogens is 1. The molecule has 1 unspecified atom stereocenters. The highest BCUT2D eigenvalue weighted by Gasteiger charge is 2.20. The topological polar surface area (TPSA) is 62.8 Å². The Labute approximate surface area is 106 Å². The van der Waals surface area contributed by atoms with Gasteiger partial charge in [-0.25, -0.2) is 0 Å². The number of fused-ring (bicyclic) bond motifs is 1. The monoisotopic (exact) mass is 246 g/mol. The van der Waals surface area contributed by atoms with E-state index in [1.165, 1.54) is 18.4 Å². The molecule has 2 aromatic heterocycles. The molecule has 1 fully saturated rings. The van der Waals surface area contributed by atoms with Crippen molar-refractivity contribution < 1.29 is 4.74 Å². The van der Waals surface area contributed by atoms with Crippen molar-refractivity contribution in [3.05, 3.63) is 17.5 Å². The van der Waals surface area contributed by atoms with Crippen LogP contribution in [0, 0.1) is 6.92 Å². The Hall–Kier alpha value is -1.62. The Morgan fingerprint density at radius 3 is 2.94 bits per heavy atom. The lowest BCUT2D eigenvalue weighted by atomic mass is 9.99. The van der Waals surface area contributed by atoms with Crippen molar-refractivity contribution in [3.63, 3.8) is 0 Å². The van der Waals surface area contributed by atoms with Crippen molar-refractivity contribution in [3.8, 4) is 6.01 Å². The van der Waals surface area contributed by atoms with Crippen LogP contribution in [0.25, 0.3) is 11.0 Å². The van der Waals surface area contributed by atoms with Gasteiger partial charge in [-0.15, -0.1) is 0 Å². The second kappa shape index (κ2) is 4.57. The molecule has 0 aromatic carbocycles. The molecule has 0 spiro atoms. The van der Waals surface area contributed by atoms with Crippen molar-refractivity contribution in [1.82, 2.24) is 20.3 Å². The minimum absolute atomic E-state index is 0.395. The molecule has 5 heteroatoms. The van der Waals surface area contributed by atoms with Gasteiger partial charge in [-0.05, 0) is 26.3 Å². The molecular formula is C13H18N4O. The zero-order chi connectivity index (χ0) is 12.5. The van der Waals surface area contributed by atoms with Crippen LogP contribution in [0.2, 0.25) is 0 Å². The Kier molecular flexibility index (Phi) is 2.91. The van der Waals surface area contributed by atoms with Gasteiger partial charge in [0.1, 0.15) is 5.52 Å². The number of methoxy groups -OCH3 is 1. The average Bonchev–Trinajstić information content (AvgIpc) is 2.84. The van der Waals surface area contributed by atoms with E-state index in [1.807, 2.05) is 6.92 Å². The maximum atomic E-state index is 5.16. The van der Waals surface area contributed by atoms with Gasteiger partial charge in [0, 0.05) is 17.8 Å². The Morgan fingerprint density at radius 1 is 1.33 bits per heavy atom. The van der Waals surface area contributed by atoms with E-state index in [9.17, 15) is 0 Å². The highest BCUT2D eigenvalue weighted by Crippen LogP contribution is 2.29. The van der Waals surface area contributed by atoms with Gasteiger partial charge in [-0.3, -0.25) is 0 Å².